The van der Waals surface area contributed by atoms with E-state index in [4.69, 9.17) is 14.2 Å². The highest BCUT2D eigenvalue weighted by Gasteiger charge is 2.19. The summed E-state index contributed by atoms with van der Waals surface area (Å²) in [5.74, 6) is -1.01. The monoisotopic (exact) mass is 819 g/mol. The maximum absolute atomic E-state index is 12.8. The van der Waals surface area contributed by atoms with Crippen LogP contribution in [-0.2, 0) is 28.6 Å². The van der Waals surface area contributed by atoms with Gasteiger partial charge in [-0.05, 0) is 64.2 Å². The molecule has 0 heterocycles. The molecule has 0 saturated heterocycles. The van der Waals surface area contributed by atoms with Crippen molar-refractivity contribution in [1.82, 2.24) is 0 Å². The van der Waals surface area contributed by atoms with E-state index in [0.29, 0.717) is 19.3 Å². The summed E-state index contributed by atoms with van der Waals surface area (Å²) in [5.41, 5.74) is 0. The highest BCUT2D eigenvalue weighted by atomic mass is 16.6. The van der Waals surface area contributed by atoms with Gasteiger partial charge in [0.2, 0.25) is 0 Å². The molecule has 0 aromatic rings. The number of carbonyl (C=O) groups excluding carboxylic acids is 3. The van der Waals surface area contributed by atoms with Crippen molar-refractivity contribution >= 4 is 17.9 Å². The van der Waals surface area contributed by atoms with Crippen molar-refractivity contribution in [2.45, 2.75) is 207 Å². The van der Waals surface area contributed by atoms with Crippen molar-refractivity contribution in [2.75, 3.05) is 13.2 Å². The zero-order valence-corrected chi connectivity index (χ0v) is 38.0. The van der Waals surface area contributed by atoms with Crippen LogP contribution in [0.5, 0.6) is 0 Å². The Balaban J connectivity index is 4.53. The molecule has 0 aromatic heterocycles. The SMILES string of the molecule is CC/C=C/C=C/C=C/C=C/C=C/CCCC(=O)OCC(COC(=O)CCCCCC/C=C/C/C=C/C/C=C/CC)OC(=O)CCCCCCCCCCCCCCCC. The van der Waals surface area contributed by atoms with E-state index in [1.54, 1.807) is 0 Å². The summed E-state index contributed by atoms with van der Waals surface area (Å²) in [5, 5.41) is 0. The molecule has 0 aliphatic carbocycles. The molecule has 0 spiro atoms. The van der Waals surface area contributed by atoms with Gasteiger partial charge >= 0.3 is 17.9 Å². The number of unbranched alkanes of at least 4 members (excludes halogenated alkanes) is 18. The predicted molar refractivity (Wildman–Crippen MR) is 251 cm³/mol. The summed E-state index contributed by atoms with van der Waals surface area (Å²) in [6.45, 7) is 6.28. The standard InChI is InChI=1S/C53H86O6/c1-4-7-10-13-16-19-22-25-28-31-34-37-40-43-46-52(55)58-49-50(48-57-51(54)45-42-39-36-33-30-27-24-21-18-15-12-9-6-3)59-53(56)47-44-41-38-35-32-29-26-23-20-17-14-11-8-5-2/h7,9-10,12,15-16,18-19,21,24-25,27-28,30,33,36,50H,4-6,8,11,13-14,17,20,22-23,26,29,31-32,34-35,37-49H2,1-3H3/b10-7+,12-9+,18-15+,19-16+,24-21+,28-25+,30-27+,36-33+. The summed E-state index contributed by atoms with van der Waals surface area (Å²) < 4.78 is 16.7. The summed E-state index contributed by atoms with van der Waals surface area (Å²) in [7, 11) is 0. The first-order chi connectivity index (χ1) is 29.0. The summed E-state index contributed by atoms with van der Waals surface area (Å²) in [6, 6.07) is 0. The second kappa shape index (κ2) is 47.0. The van der Waals surface area contributed by atoms with Gasteiger partial charge in [0.25, 0.3) is 0 Å². The Morgan fingerprint density at radius 3 is 1.29 bits per heavy atom. The number of esters is 3. The van der Waals surface area contributed by atoms with Gasteiger partial charge in [0.1, 0.15) is 13.2 Å². The summed E-state index contributed by atoms with van der Waals surface area (Å²) in [4.78, 5) is 37.8. The van der Waals surface area contributed by atoms with Crippen LogP contribution >= 0.6 is 0 Å². The van der Waals surface area contributed by atoms with Gasteiger partial charge in [-0.2, -0.15) is 0 Å². The molecule has 0 bridgehead atoms. The Morgan fingerprint density at radius 1 is 0.373 bits per heavy atom. The fourth-order valence-electron chi connectivity index (χ4n) is 6.19. The third kappa shape index (κ3) is 45.3. The van der Waals surface area contributed by atoms with E-state index < -0.39 is 6.10 Å². The van der Waals surface area contributed by atoms with Gasteiger partial charge in [-0.15, -0.1) is 0 Å². The zero-order chi connectivity index (χ0) is 43.0. The number of allylic oxidation sites excluding steroid dienone is 16. The van der Waals surface area contributed by atoms with Crippen molar-refractivity contribution in [3.05, 3.63) is 97.2 Å². The molecule has 6 heteroatoms. The van der Waals surface area contributed by atoms with E-state index in [1.165, 1.54) is 70.6 Å². The van der Waals surface area contributed by atoms with Crippen LogP contribution in [-0.4, -0.2) is 37.2 Å². The van der Waals surface area contributed by atoms with Crippen LogP contribution in [0.1, 0.15) is 201 Å². The molecule has 334 valence electrons. The molecule has 0 aromatic carbocycles. The maximum Gasteiger partial charge on any atom is 0.306 e. The van der Waals surface area contributed by atoms with Crippen LogP contribution in [0.15, 0.2) is 97.2 Å². The van der Waals surface area contributed by atoms with Gasteiger partial charge in [0.05, 0.1) is 0 Å². The number of hydrogen-bond donors (Lipinski definition) is 0. The Bertz CT molecular complexity index is 1220. The van der Waals surface area contributed by atoms with Crippen molar-refractivity contribution < 1.29 is 28.6 Å². The van der Waals surface area contributed by atoms with Crippen molar-refractivity contribution in [3.63, 3.8) is 0 Å². The van der Waals surface area contributed by atoms with Crippen LogP contribution in [0, 0.1) is 0 Å². The lowest BCUT2D eigenvalue weighted by Crippen LogP contribution is -2.30. The minimum Gasteiger partial charge on any atom is -0.462 e. The van der Waals surface area contributed by atoms with Crippen LogP contribution in [0.4, 0.5) is 0 Å². The lowest BCUT2D eigenvalue weighted by atomic mass is 10.0. The van der Waals surface area contributed by atoms with Gasteiger partial charge < -0.3 is 14.2 Å². The third-order valence-corrected chi connectivity index (χ3v) is 9.71. The minimum atomic E-state index is -0.813. The molecule has 1 atom stereocenters. The van der Waals surface area contributed by atoms with Crippen molar-refractivity contribution in [1.29, 1.82) is 0 Å². The number of ether oxygens (including phenoxy) is 3. The minimum absolute atomic E-state index is 0.112. The molecular weight excluding hydrogens is 733 g/mol. The number of rotatable bonds is 41. The first-order valence-electron chi connectivity index (χ1n) is 23.8. The normalized spacial score (nSPS) is 12.9. The van der Waals surface area contributed by atoms with Crippen LogP contribution < -0.4 is 0 Å². The van der Waals surface area contributed by atoms with E-state index in [0.717, 1.165) is 83.5 Å². The lowest BCUT2D eigenvalue weighted by molar-refractivity contribution is -0.167. The van der Waals surface area contributed by atoms with Crippen LogP contribution in [0.3, 0.4) is 0 Å². The molecule has 0 rings (SSSR count). The van der Waals surface area contributed by atoms with Crippen molar-refractivity contribution in [2.24, 2.45) is 0 Å². The van der Waals surface area contributed by atoms with Gasteiger partial charge in [-0.3, -0.25) is 14.4 Å². The van der Waals surface area contributed by atoms with Crippen LogP contribution in [0.2, 0.25) is 0 Å². The van der Waals surface area contributed by atoms with E-state index in [2.05, 4.69) is 63.3 Å². The highest BCUT2D eigenvalue weighted by Crippen LogP contribution is 2.14. The van der Waals surface area contributed by atoms with Crippen LogP contribution in [0.25, 0.3) is 0 Å². The Kier molecular flexibility index (Phi) is 44.1. The first-order valence-corrected chi connectivity index (χ1v) is 23.8. The van der Waals surface area contributed by atoms with E-state index in [9.17, 15) is 14.4 Å². The van der Waals surface area contributed by atoms with Crippen molar-refractivity contribution in [3.8, 4) is 0 Å². The van der Waals surface area contributed by atoms with Gasteiger partial charge in [-0.1, -0.05) is 214 Å². The fourth-order valence-corrected chi connectivity index (χ4v) is 6.19. The van der Waals surface area contributed by atoms with E-state index in [-0.39, 0.29) is 37.5 Å². The van der Waals surface area contributed by atoms with Gasteiger partial charge in [-0.25, -0.2) is 0 Å². The second-order valence-electron chi connectivity index (χ2n) is 15.4. The smallest absolute Gasteiger partial charge is 0.306 e. The third-order valence-electron chi connectivity index (χ3n) is 9.71. The average Bonchev–Trinajstić information content (AvgIpc) is 3.23. The molecule has 0 amide bonds. The molecule has 0 aliphatic heterocycles. The molecule has 0 N–H and O–H groups in total. The van der Waals surface area contributed by atoms with E-state index in [1.807, 2.05) is 54.7 Å². The van der Waals surface area contributed by atoms with E-state index >= 15 is 0 Å². The molecule has 6 nitrogen and oxygen atoms in total. The molecule has 0 saturated carbocycles. The summed E-state index contributed by atoms with van der Waals surface area (Å²) >= 11 is 0. The zero-order valence-electron chi connectivity index (χ0n) is 38.0. The Hall–Kier alpha value is -3.67. The maximum atomic E-state index is 12.8. The molecular formula is C53H86O6. The number of hydrogen-bond acceptors (Lipinski definition) is 6. The molecule has 0 radical (unpaired) electrons. The summed E-state index contributed by atoms with van der Waals surface area (Å²) in [6.07, 6.45) is 61.1. The fraction of sp³-hybridized carbons (Fsp3) is 0.642. The molecule has 59 heavy (non-hydrogen) atoms. The second-order valence-corrected chi connectivity index (χ2v) is 15.4. The lowest BCUT2D eigenvalue weighted by Gasteiger charge is -2.18. The first kappa shape index (κ1) is 55.3. The topological polar surface area (TPSA) is 78.9 Å². The average molecular weight is 819 g/mol. The molecule has 0 fully saturated rings. The largest absolute Gasteiger partial charge is 0.462 e. The Labute approximate surface area is 362 Å². The predicted octanol–water partition coefficient (Wildman–Crippen LogP) is 15.4. The highest BCUT2D eigenvalue weighted by molar-refractivity contribution is 5.71. The number of carbonyl (C=O) groups is 3. The van der Waals surface area contributed by atoms with Gasteiger partial charge in [0, 0.05) is 19.3 Å². The molecule has 0 aliphatic rings. The van der Waals surface area contributed by atoms with Gasteiger partial charge in [0.15, 0.2) is 6.10 Å². The Morgan fingerprint density at radius 2 is 0.763 bits per heavy atom. The quantitative estimate of drug-likeness (QED) is 0.0201. The molecule has 1 unspecified atom stereocenters.